The van der Waals surface area contributed by atoms with Gasteiger partial charge >= 0.3 is 0 Å². The molecule has 3 nitrogen and oxygen atoms in total. The van der Waals surface area contributed by atoms with Crippen LogP contribution in [0.3, 0.4) is 0 Å². The Kier molecular flexibility index (Phi) is 3.35. The van der Waals surface area contributed by atoms with Gasteiger partial charge in [-0.05, 0) is 37.1 Å². The molecule has 1 atom stereocenters. The fraction of sp³-hybridized carbons (Fsp3) is 0.357. The van der Waals surface area contributed by atoms with Crippen LogP contribution in [-0.4, -0.2) is 22.4 Å². The quantitative estimate of drug-likeness (QED) is 0.921. The molecule has 1 N–H and O–H groups in total. The monoisotopic (exact) mass is 261 g/mol. The van der Waals surface area contributed by atoms with Crippen molar-refractivity contribution in [3.63, 3.8) is 0 Å². The average Bonchev–Trinajstić information content (AvgIpc) is 3.02. The van der Waals surface area contributed by atoms with Crippen LogP contribution in [0.15, 0.2) is 36.7 Å². The van der Waals surface area contributed by atoms with Crippen LogP contribution >= 0.6 is 11.6 Å². The summed E-state index contributed by atoms with van der Waals surface area (Å²) in [6, 6.07) is 8.44. The number of hydrogen-bond acceptors (Lipinski definition) is 2. The predicted octanol–water partition coefficient (Wildman–Crippen LogP) is 2.96. The number of rotatable bonds is 3. The standard InChI is InChI=1S/C14H16ClN3/c15-13-5-3-11(4-6-13)12-8-17-18(9-12)10-14-2-1-7-16-14/h3-6,8-9,14,16H,1-2,7,10H2. The van der Waals surface area contributed by atoms with Gasteiger partial charge in [0.25, 0.3) is 0 Å². The van der Waals surface area contributed by atoms with Crippen molar-refractivity contribution >= 4 is 11.6 Å². The van der Waals surface area contributed by atoms with Gasteiger partial charge in [0.15, 0.2) is 0 Å². The molecule has 1 aromatic heterocycles. The second kappa shape index (κ2) is 5.12. The van der Waals surface area contributed by atoms with Gasteiger partial charge in [-0.15, -0.1) is 0 Å². The summed E-state index contributed by atoms with van der Waals surface area (Å²) in [5, 5.41) is 8.67. The minimum atomic E-state index is 0.572. The van der Waals surface area contributed by atoms with Gasteiger partial charge < -0.3 is 5.32 Å². The largest absolute Gasteiger partial charge is 0.312 e. The summed E-state index contributed by atoms with van der Waals surface area (Å²) >= 11 is 5.89. The molecule has 0 saturated carbocycles. The van der Waals surface area contributed by atoms with Crippen molar-refractivity contribution in [2.75, 3.05) is 6.54 Å². The van der Waals surface area contributed by atoms with E-state index in [-0.39, 0.29) is 0 Å². The second-order valence-electron chi connectivity index (χ2n) is 4.75. The number of nitrogens with zero attached hydrogens (tertiary/aromatic N) is 2. The second-order valence-corrected chi connectivity index (χ2v) is 5.19. The molecule has 2 heterocycles. The lowest BCUT2D eigenvalue weighted by Gasteiger charge is -2.09. The van der Waals surface area contributed by atoms with Gasteiger partial charge in [-0.1, -0.05) is 23.7 Å². The fourth-order valence-corrected chi connectivity index (χ4v) is 2.52. The van der Waals surface area contributed by atoms with Crippen LogP contribution in [0, 0.1) is 0 Å². The molecule has 0 spiro atoms. The van der Waals surface area contributed by atoms with Crippen LogP contribution < -0.4 is 5.32 Å². The first-order chi connectivity index (χ1) is 8.81. The van der Waals surface area contributed by atoms with Gasteiger partial charge in [0.2, 0.25) is 0 Å². The van der Waals surface area contributed by atoms with Crippen LogP contribution in [0.25, 0.3) is 11.1 Å². The first-order valence-corrected chi connectivity index (χ1v) is 6.71. The lowest BCUT2D eigenvalue weighted by atomic mass is 10.1. The van der Waals surface area contributed by atoms with Crippen molar-refractivity contribution < 1.29 is 0 Å². The van der Waals surface area contributed by atoms with Gasteiger partial charge in [-0.2, -0.15) is 5.10 Å². The van der Waals surface area contributed by atoms with E-state index in [9.17, 15) is 0 Å². The molecular formula is C14H16ClN3. The number of benzene rings is 1. The zero-order valence-corrected chi connectivity index (χ0v) is 10.9. The Bertz CT molecular complexity index is 512. The van der Waals surface area contributed by atoms with E-state index in [2.05, 4.69) is 16.6 Å². The maximum atomic E-state index is 5.89. The molecule has 1 unspecified atom stereocenters. The van der Waals surface area contributed by atoms with E-state index < -0.39 is 0 Å². The van der Waals surface area contributed by atoms with E-state index >= 15 is 0 Å². The van der Waals surface area contributed by atoms with Crippen molar-refractivity contribution in [2.45, 2.75) is 25.4 Å². The normalized spacial score (nSPS) is 19.3. The first kappa shape index (κ1) is 11.8. The van der Waals surface area contributed by atoms with Crippen LogP contribution in [-0.2, 0) is 6.54 Å². The van der Waals surface area contributed by atoms with E-state index in [1.165, 1.54) is 12.8 Å². The van der Waals surface area contributed by atoms with Crippen molar-refractivity contribution in [2.24, 2.45) is 0 Å². The number of halogens is 1. The highest BCUT2D eigenvalue weighted by atomic mass is 35.5. The first-order valence-electron chi connectivity index (χ1n) is 6.33. The van der Waals surface area contributed by atoms with Crippen molar-refractivity contribution in [1.29, 1.82) is 0 Å². The molecule has 94 valence electrons. The third-order valence-electron chi connectivity index (χ3n) is 3.38. The third kappa shape index (κ3) is 2.57. The molecule has 1 aromatic carbocycles. The van der Waals surface area contributed by atoms with Gasteiger partial charge in [-0.3, -0.25) is 4.68 Å². The molecule has 2 aromatic rings. The van der Waals surface area contributed by atoms with Gasteiger partial charge in [0.1, 0.15) is 0 Å². The summed E-state index contributed by atoms with van der Waals surface area (Å²) in [5.41, 5.74) is 2.30. The highest BCUT2D eigenvalue weighted by molar-refractivity contribution is 6.30. The SMILES string of the molecule is Clc1ccc(-c2cnn(CC3CCCN3)c2)cc1. The van der Waals surface area contributed by atoms with Crippen molar-refractivity contribution in [1.82, 2.24) is 15.1 Å². The summed E-state index contributed by atoms with van der Waals surface area (Å²) < 4.78 is 2.02. The highest BCUT2D eigenvalue weighted by Crippen LogP contribution is 2.21. The molecule has 0 amide bonds. The Morgan fingerprint density at radius 2 is 2.11 bits per heavy atom. The van der Waals surface area contributed by atoms with Crippen LogP contribution in [0.5, 0.6) is 0 Å². The Morgan fingerprint density at radius 3 is 2.83 bits per heavy atom. The van der Waals surface area contributed by atoms with E-state index in [0.29, 0.717) is 6.04 Å². The Morgan fingerprint density at radius 1 is 1.28 bits per heavy atom. The maximum Gasteiger partial charge on any atom is 0.0568 e. The smallest absolute Gasteiger partial charge is 0.0568 e. The molecule has 0 bridgehead atoms. The summed E-state index contributed by atoms with van der Waals surface area (Å²) in [4.78, 5) is 0. The lowest BCUT2D eigenvalue weighted by molar-refractivity contribution is 0.476. The summed E-state index contributed by atoms with van der Waals surface area (Å²) in [6.07, 6.45) is 6.54. The minimum Gasteiger partial charge on any atom is -0.312 e. The molecule has 1 aliphatic heterocycles. The molecule has 4 heteroatoms. The molecule has 1 saturated heterocycles. The summed E-state index contributed by atoms with van der Waals surface area (Å²) in [5.74, 6) is 0. The van der Waals surface area contributed by atoms with Gasteiger partial charge in [0.05, 0.1) is 12.7 Å². The Hall–Kier alpha value is -1.32. The average molecular weight is 262 g/mol. The van der Waals surface area contributed by atoms with Crippen molar-refractivity contribution in [3.05, 3.63) is 41.7 Å². The fourth-order valence-electron chi connectivity index (χ4n) is 2.39. The topological polar surface area (TPSA) is 29.9 Å². The van der Waals surface area contributed by atoms with E-state index in [0.717, 1.165) is 29.2 Å². The minimum absolute atomic E-state index is 0.572. The predicted molar refractivity (Wildman–Crippen MR) is 73.7 cm³/mol. The van der Waals surface area contributed by atoms with E-state index in [4.69, 9.17) is 11.6 Å². The zero-order valence-electron chi connectivity index (χ0n) is 10.1. The Labute approximate surface area is 112 Å². The molecule has 0 aliphatic carbocycles. The van der Waals surface area contributed by atoms with Crippen LogP contribution in [0.1, 0.15) is 12.8 Å². The molecule has 18 heavy (non-hydrogen) atoms. The molecule has 1 aliphatic rings. The number of aromatic nitrogens is 2. The van der Waals surface area contributed by atoms with Crippen LogP contribution in [0.4, 0.5) is 0 Å². The van der Waals surface area contributed by atoms with E-state index in [1.807, 2.05) is 35.1 Å². The van der Waals surface area contributed by atoms with Crippen LogP contribution in [0.2, 0.25) is 5.02 Å². The summed E-state index contributed by atoms with van der Waals surface area (Å²) in [6.45, 7) is 2.09. The summed E-state index contributed by atoms with van der Waals surface area (Å²) in [7, 11) is 0. The maximum absolute atomic E-state index is 5.89. The van der Waals surface area contributed by atoms with Gasteiger partial charge in [0, 0.05) is 22.8 Å². The lowest BCUT2D eigenvalue weighted by Crippen LogP contribution is -2.26. The number of hydrogen-bond donors (Lipinski definition) is 1. The zero-order chi connectivity index (χ0) is 12.4. The Balaban J connectivity index is 1.74. The number of nitrogens with one attached hydrogen (secondary N) is 1. The molecular weight excluding hydrogens is 246 g/mol. The van der Waals surface area contributed by atoms with E-state index in [1.54, 1.807) is 0 Å². The molecule has 3 rings (SSSR count). The van der Waals surface area contributed by atoms with Gasteiger partial charge in [-0.25, -0.2) is 0 Å². The third-order valence-corrected chi connectivity index (χ3v) is 3.63. The van der Waals surface area contributed by atoms with Crippen molar-refractivity contribution in [3.8, 4) is 11.1 Å². The molecule has 1 fully saturated rings. The molecule has 0 radical (unpaired) electrons. The highest BCUT2D eigenvalue weighted by Gasteiger charge is 2.14.